The zero-order chi connectivity index (χ0) is 15.0. The fourth-order valence-electron chi connectivity index (χ4n) is 2.53. The van der Waals surface area contributed by atoms with Crippen LogP contribution in [0.25, 0.3) is 0 Å². The predicted molar refractivity (Wildman–Crippen MR) is 88.4 cm³/mol. The number of nitrogens with two attached hydrogens (primary N) is 1. The third kappa shape index (κ3) is 7.29. The van der Waals surface area contributed by atoms with Gasteiger partial charge in [0.2, 0.25) is 5.91 Å². The molecule has 0 radical (unpaired) electrons. The van der Waals surface area contributed by atoms with E-state index in [1.54, 1.807) is 11.0 Å². The summed E-state index contributed by atoms with van der Waals surface area (Å²) < 4.78 is 23.1. The fraction of sp³-hybridized carbons (Fsp3) is 0.786. The van der Waals surface area contributed by atoms with Crippen LogP contribution in [0.3, 0.4) is 0 Å². The van der Waals surface area contributed by atoms with Crippen LogP contribution in [0.5, 0.6) is 0 Å². The molecule has 7 heteroatoms. The highest BCUT2D eigenvalue weighted by Gasteiger charge is 2.33. The van der Waals surface area contributed by atoms with E-state index in [4.69, 9.17) is 5.73 Å². The largest absolute Gasteiger partial charge is 0.335 e. The first-order valence-corrected chi connectivity index (χ1v) is 9.13. The Hall–Kier alpha value is -0.590. The highest BCUT2D eigenvalue weighted by Crippen LogP contribution is 2.19. The van der Waals surface area contributed by atoms with Crippen molar-refractivity contribution in [2.75, 3.05) is 24.6 Å². The van der Waals surface area contributed by atoms with E-state index in [-0.39, 0.29) is 35.9 Å². The summed E-state index contributed by atoms with van der Waals surface area (Å²) in [6, 6.07) is -0.172. The summed E-state index contributed by atoms with van der Waals surface area (Å²) in [5.74, 6) is 0.328. The van der Waals surface area contributed by atoms with E-state index in [1.165, 1.54) is 0 Å². The second-order valence-corrected chi connectivity index (χ2v) is 7.57. The van der Waals surface area contributed by atoms with Crippen molar-refractivity contribution >= 4 is 28.2 Å². The van der Waals surface area contributed by atoms with Gasteiger partial charge in [-0.3, -0.25) is 4.79 Å². The Morgan fingerprint density at radius 1 is 1.29 bits per heavy atom. The molecule has 1 aliphatic heterocycles. The van der Waals surface area contributed by atoms with Gasteiger partial charge in [0.25, 0.3) is 0 Å². The van der Waals surface area contributed by atoms with Crippen LogP contribution in [-0.2, 0) is 14.6 Å². The number of hydrogen-bond donors (Lipinski definition) is 1. The number of sulfone groups is 1. The van der Waals surface area contributed by atoms with Crippen molar-refractivity contribution in [1.82, 2.24) is 4.90 Å². The standard InChI is InChI=1S/C14H26N2O3S.ClH/c1-2-10-16(13-8-11-20(18,19)12-13)14(17)7-5-3-4-6-9-15;/h2,13H,1,3-12,15H2;1H. The molecule has 1 fully saturated rings. The lowest BCUT2D eigenvalue weighted by Gasteiger charge is -2.27. The molecule has 0 aromatic heterocycles. The predicted octanol–water partition coefficient (Wildman–Crippen LogP) is 1.52. The normalized spacial score (nSPS) is 19.8. The number of nitrogens with zero attached hydrogens (tertiary/aromatic N) is 1. The molecular formula is C14H27ClN2O3S. The van der Waals surface area contributed by atoms with Gasteiger partial charge in [0.05, 0.1) is 11.5 Å². The van der Waals surface area contributed by atoms with Crippen molar-refractivity contribution in [2.45, 2.75) is 44.6 Å². The van der Waals surface area contributed by atoms with Gasteiger partial charge in [0.15, 0.2) is 9.84 Å². The third-order valence-electron chi connectivity index (χ3n) is 3.64. The van der Waals surface area contributed by atoms with Gasteiger partial charge in [0.1, 0.15) is 0 Å². The average molecular weight is 339 g/mol. The van der Waals surface area contributed by atoms with Gasteiger partial charge >= 0.3 is 0 Å². The third-order valence-corrected chi connectivity index (χ3v) is 5.39. The molecule has 1 atom stereocenters. The van der Waals surface area contributed by atoms with Gasteiger partial charge in [-0.2, -0.15) is 0 Å². The molecule has 21 heavy (non-hydrogen) atoms. The number of halogens is 1. The summed E-state index contributed by atoms with van der Waals surface area (Å²) >= 11 is 0. The molecule has 1 unspecified atom stereocenters. The van der Waals surface area contributed by atoms with Gasteiger partial charge in [-0.15, -0.1) is 19.0 Å². The van der Waals surface area contributed by atoms with E-state index >= 15 is 0 Å². The summed E-state index contributed by atoms with van der Waals surface area (Å²) in [5, 5.41) is 0. The van der Waals surface area contributed by atoms with Crippen molar-refractivity contribution in [1.29, 1.82) is 0 Å². The number of hydrogen-bond acceptors (Lipinski definition) is 4. The summed E-state index contributed by atoms with van der Waals surface area (Å²) in [6.45, 7) is 4.78. The Labute approximate surface area is 134 Å². The minimum Gasteiger partial charge on any atom is -0.335 e. The molecule has 5 nitrogen and oxygen atoms in total. The lowest BCUT2D eigenvalue weighted by molar-refractivity contribution is -0.132. The van der Waals surface area contributed by atoms with Crippen molar-refractivity contribution < 1.29 is 13.2 Å². The number of amides is 1. The van der Waals surface area contributed by atoms with Gasteiger partial charge in [-0.1, -0.05) is 18.9 Å². The summed E-state index contributed by atoms with van der Waals surface area (Å²) in [6.07, 6.45) is 6.57. The molecule has 0 bridgehead atoms. The highest BCUT2D eigenvalue weighted by atomic mass is 35.5. The molecule has 1 heterocycles. The molecule has 0 aromatic rings. The fourth-order valence-corrected chi connectivity index (χ4v) is 4.26. The van der Waals surface area contributed by atoms with Gasteiger partial charge < -0.3 is 10.6 Å². The molecule has 2 N–H and O–H groups in total. The summed E-state index contributed by atoms with van der Waals surface area (Å²) in [7, 11) is -2.97. The molecule has 0 spiro atoms. The zero-order valence-corrected chi connectivity index (χ0v) is 14.1. The Kier molecular flexibility index (Phi) is 9.90. The second kappa shape index (κ2) is 10.2. The van der Waals surface area contributed by atoms with Gasteiger partial charge in [-0.05, 0) is 25.8 Å². The Morgan fingerprint density at radius 3 is 2.48 bits per heavy atom. The van der Waals surface area contributed by atoms with Crippen molar-refractivity contribution in [3.05, 3.63) is 12.7 Å². The van der Waals surface area contributed by atoms with E-state index < -0.39 is 9.84 Å². The quantitative estimate of drug-likeness (QED) is 0.510. The van der Waals surface area contributed by atoms with Crippen LogP contribution in [0.4, 0.5) is 0 Å². The maximum Gasteiger partial charge on any atom is 0.223 e. The van der Waals surface area contributed by atoms with E-state index in [0.717, 1.165) is 25.7 Å². The molecule has 1 saturated heterocycles. The Morgan fingerprint density at radius 2 is 1.95 bits per heavy atom. The van der Waals surface area contributed by atoms with Crippen LogP contribution in [0.2, 0.25) is 0 Å². The lowest BCUT2D eigenvalue weighted by Crippen LogP contribution is -2.41. The van der Waals surface area contributed by atoms with Crippen molar-refractivity contribution in [3.8, 4) is 0 Å². The Balaban J connectivity index is 0.00000400. The molecule has 124 valence electrons. The average Bonchev–Trinajstić information content (AvgIpc) is 2.75. The van der Waals surface area contributed by atoms with Crippen LogP contribution in [-0.4, -0.2) is 49.9 Å². The van der Waals surface area contributed by atoms with Crippen LogP contribution in [0.1, 0.15) is 38.5 Å². The van der Waals surface area contributed by atoms with Gasteiger partial charge in [0, 0.05) is 19.0 Å². The lowest BCUT2D eigenvalue weighted by atomic mass is 10.1. The van der Waals surface area contributed by atoms with Crippen molar-refractivity contribution in [2.24, 2.45) is 5.73 Å². The molecule has 1 aliphatic rings. The van der Waals surface area contributed by atoms with Crippen LogP contribution in [0, 0.1) is 0 Å². The van der Waals surface area contributed by atoms with Gasteiger partial charge in [-0.25, -0.2) is 8.42 Å². The molecule has 0 aliphatic carbocycles. The monoisotopic (exact) mass is 338 g/mol. The zero-order valence-electron chi connectivity index (χ0n) is 12.5. The van der Waals surface area contributed by atoms with E-state index in [1.807, 2.05) is 0 Å². The first kappa shape index (κ1) is 20.4. The molecular weight excluding hydrogens is 312 g/mol. The molecule has 1 rings (SSSR count). The minimum absolute atomic E-state index is 0. The number of carbonyl (C=O) groups is 1. The minimum atomic E-state index is -2.97. The van der Waals surface area contributed by atoms with Crippen LogP contribution >= 0.6 is 12.4 Å². The number of unbranched alkanes of at least 4 members (excludes halogenated alkanes) is 3. The highest BCUT2D eigenvalue weighted by molar-refractivity contribution is 7.91. The van der Waals surface area contributed by atoms with E-state index in [0.29, 0.717) is 25.9 Å². The SMILES string of the molecule is C=CCN(C(=O)CCCCCCN)C1CCS(=O)(=O)C1.Cl. The van der Waals surface area contributed by atoms with E-state index in [2.05, 4.69) is 6.58 Å². The van der Waals surface area contributed by atoms with Crippen molar-refractivity contribution in [3.63, 3.8) is 0 Å². The molecule has 1 amide bonds. The van der Waals surface area contributed by atoms with Crippen LogP contribution < -0.4 is 5.73 Å². The number of carbonyl (C=O) groups excluding carboxylic acids is 1. The van der Waals surface area contributed by atoms with E-state index in [9.17, 15) is 13.2 Å². The molecule has 0 aromatic carbocycles. The topological polar surface area (TPSA) is 80.5 Å². The second-order valence-electron chi connectivity index (χ2n) is 5.34. The van der Waals surface area contributed by atoms with Crippen LogP contribution in [0.15, 0.2) is 12.7 Å². The summed E-state index contributed by atoms with van der Waals surface area (Å²) in [4.78, 5) is 13.9. The maximum atomic E-state index is 12.2. The first-order valence-electron chi connectivity index (χ1n) is 7.31. The first-order chi connectivity index (χ1) is 9.50. The maximum absolute atomic E-state index is 12.2. The smallest absolute Gasteiger partial charge is 0.223 e. The number of rotatable bonds is 9. The Bertz CT molecular complexity index is 426. The molecule has 0 saturated carbocycles. The summed E-state index contributed by atoms with van der Waals surface area (Å²) in [5.41, 5.74) is 5.42.